The number of carbonyl (C=O) groups excluding carboxylic acids is 1. The lowest BCUT2D eigenvalue weighted by Crippen LogP contribution is -2.36. The highest BCUT2D eigenvalue weighted by Crippen LogP contribution is 2.30. The van der Waals surface area contributed by atoms with Gasteiger partial charge in [0.1, 0.15) is 0 Å². The summed E-state index contributed by atoms with van der Waals surface area (Å²) in [5.41, 5.74) is 3.04. The van der Waals surface area contributed by atoms with Crippen molar-refractivity contribution in [3.8, 4) is 0 Å². The van der Waals surface area contributed by atoms with Crippen LogP contribution in [0.5, 0.6) is 0 Å². The Morgan fingerprint density at radius 2 is 2.07 bits per heavy atom. The van der Waals surface area contributed by atoms with Crippen LogP contribution in [0.3, 0.4) is 0 Å². The molecule has 1 aliphatic carbocycles. The first-order valence-electron chi connectivity index (χ1n) is 10.2. The van der Waals surface area contributed by atoms with E-state index in [0.717, 1.165) is 19.3 Å². The summed E-state index contributed by atoms with van der Waals surface area (Å²) in [6.07, 6.45) is 4.73. The Morgan fingerprint density at radius 1 is 1.30 bits per heavy atom. The van der Waals surface area contributed by atoms with E-state index in [-0.39, 0.29) is 22.8 Å². The van der Waals surface area contributed by atoms with Crippen molar-refractivity contribution in [2.75, 3.05) is 0 Å². The third-order valence-electron chi connectivity index (χ3n) is 5.48. The first-order chi connectivity index (χ1) is 14.6. The Morgan fingerprint density at radius 3 is 2.90 bits per heavy atom. The van der Waals surface area contributed by atoms with Gasteiger partial charge in [-0.1, -0.05) is 54.2 Å². The molecule has 0 unspecified atom stereocenters. The maximum Gasteiger partial charge on any atom is 0.262 e. The first kappa shape index (κ1) is 20.4. The van der Waals surface area contributed by atoms with Crippen molar-refractivity contribution in [3.63, 3.8) is 0 Å². The smallest absolute Gasteiger partial charge is 0.262 e. The van der Waals surface area contributed by atoms with Crippen LogP contribution in [-0.2, 0) is 17.8 Å². The van der Waals surface area contributed by atoms with Gasteiger partial charge in [-0.2, -0.15) is 0 Å². The zero-order chi connectivity index (χ0) is 21.1. The van der Waals surface area contributed by atoms with Gasteiger partial charge in [0.2, 0.25) is 5.91 Å². The normalized spacial score (nSPS) is 16.6. The lowest BCUT2D eigenvalue weighted by atomic mass is 9.88. The van der Waals surface area contributed by atoms with Crippen LogP contribution in [-0.4, -0.2) is 20.7 Å². The summed E-state index contributed by atoms with van der Waals surface area (Å²) in [6.45, 7) is 5.96. The predicted octanol–water partition coefficient (Wildman–Crippen LogP) is 4.26. The van der Waals surface area contributed by atoms with E-state index in [1.54, 1.807) is 16.7 Å². The number of hydrogen-bond donors (Lipinski definition) is 1. The van der Waals surface area contributed by atoms with Gasteiger partial charge in [-0.15, -0.1) is 6.58 Å². The van der Waals surface area contributed by atoms with Gasteiger partial charge < -0.3 is 5.32 Å². The Balaban J connectivity index is 1.56. The van der Waals surface area contributed by atoms with Gasteiger partial charge in [0.15, 0.2) is 5.16 Å². The van der Waals surface area contributed by atoms with Gasteiger partial charge in [0.05, 0.1) is 22.2 Å². The average molecular weight is 420 g/mol. The zero-order valence-electron chi connectivity index (χ0n) is 17.0. The second kappa shape index (κ2) is 8.88. The van der Waals surface area contributed by atoms with E-state index >= 15 is 0 Å². The predicted molar refractivity (Wildman–Crippen MR) is 122 cm³/mol. The minimum atomic E-state index is -0.386. The van der Waals surface area contributed by atoms with E-state index in [9.17, 15) is 9.59 Å². The molecule has 0 fully saturated rings. The molecule has 0 radical (unpaired) electrons. The summed E-state index contributed by atoms with van der Waals surface area (Å²) in [5.74, 6) is -0.0470. The molecule has 4 rings (SSSR count). The zero-order valence-corrected chi connectivity index (χ0v) is 17.8. The van der Waals surface area contributed by atoms with Crippen molar-refractivity contribution in [3.05, 3.63) is 82.7 Å². The molecule has 1 aliphatic rings. The minimum Gasteiger partial charge on any atom is -0.348 e. The maximum absolute atomic E-state index is 13.0. The van der Waals surface area contributed by atoms with Gasteiger partial charge in [-0.25, -0.2) is 4.98 Å². The molecule has 30 heavy (non-hydrogen) atoms. The molecule has 1 amide bonds. The van der Waals surface area contributed by atoms with E-state index < -0.39 is 0 Å². The van der Waals surface area contributed by atoms with Crippen LogP contribution < -0.4 is 10.9 Å². The van der Waals surface area contributed by atoms with E-state index in [1.165, 1.54) is 22.9 Å². The SMILES string of the molecule is C=CCn1c(S[C@H](C)C(=O)N[C@H]2CCCc3ccccc32)nc2ccccc2c1=O. The number of hydrogen-bond acceptors (Lipinski definition) is 4. The lowest BCUT2D eigenvalue weighted by Gasteiger charge is -2.27. The number of nitrogens with one attached hydrogen (secondary N) is 1. The van der Waals surface area contributed by atoms with Crippen LogP contribution in [0.4, 0.5) is 0 Å². The van der Waals surface area contributed by atoms with Gasteiger partial charge in [-0.3, -0.25) is 14.2 Å². The van der Waals surface area contributed by atoms with E-state index in [1.807, 2.05) is 37.3 Å². The van der Waals surface area contributed by atoms with Crippen LogP contribution in [0.2, 0.25) is 0 Å². The molecule has 5 nitrogen and oxygen atoms in total. The van der Waals surface area contributed by atoms with Crippen molar-refractivity contribution >= 4 is 28.6 Å². The van der Waals surface area contributed by atoms with Crippen LogP contribution in [0.25, 0.3) is 10.9 Å². The topological polar surface area (TPSA) is 64.0 Å². The molecule has 0 saturated carbocycles. The second-order valence-electron chi connectivity index (χ2n) is 7.53. The number of rotatable bonds is 6. The molecule has 3 aromatic rings. The highest BCUT2D eigenvalue weighted by atomic mass is 32.2. The summed E-state index contributed by atoms with van der Waals surface area (Å²) < 4.78 is 1.58. The van der Waals surface area contributed by atoms with E-state index in [2.05, 4.69) is 29.0 Å². The number of thioether (sulfide) groups is 1. The van der Waals surface area contributed by atoms with Crippen molar-refractivity contribution < 1.29 is 4.79 Å². The molecule has 0 aliphatic heterocycles. The highest BCUT2D eigenvalue weighted by molar-refractivity contribution is 8.00. The Kier molecular flexibility index (Phi) is 6.04. The average Bonchev–Trinajstić information content (AvgIpc) is 2.76. The number of amides is 1. The number of fused-ring (bicyclic) bond motifs is 2. The third kappa shape index (κ3) is 4.05. The molecule has 1 heterocycles. The summed E-state index contributed by atoms with van der Waals surface area (Å²) in [5, 5.41) is 3.92. The Labute approximate surface area is 180 Å². The van der Waals surface area contributed by atoms with E-state index in [0.29, 0.717) is 22.6 Å². The number of carbonyl (C=O) groups is 1. The standard InChI is InChI=1S/C24H25N3O2S/c1-3-15-27-23(29)19-12-6-7-13-21(19)26-24(27)30-16(2)22(28)25-20-14-8-10-17-9-4-5-11-18(17)20/h3-7,9,11-13,16,20H,1,8,10,14-15H2,2H3,(H,25,28)/t16-,20+/m1/s1. The van der Waals surface area contributed by atoms with Crippen LogP contribution in [0, 0.1) is 0 Å². The fraction of sp³-hybridized carbons (Fsp3) is 0.292. The van der Waals surface area contributed by atoms with Crippen molar-refractivity contribution in [2.45, 2.75) is 49.2 Å². The monoisotopic (exact) mass is 419 g/mol. The number of aromatic nitrogens is 2. The van der Waals surface area contributed by atoms with Gasteiger partial charge >= 0.3 is 0 Å². The molecule has 0 saturated heterocycles. The fourth-order valence-corrected chi connectivity index (χ4v) is 4.86. The van der Waals surface area contributed by atoms with Gasteiger partial charge in [-0.05, 0) is 49.4 Å². The van der Waals surface area contributed by atoms with Crippen LogP contribution in [0.1, 0.15) is 36.9 Å². The van der Waals surface area contributed by atoms with Gasteiger partial charge in [0.25, 0.3) is 5.56 Å². The van der Waals surface area contributed by atoms with Crippen LogP contribution >= 0.6 is 11.8 Å². The Hall–Kier alpha value is -2.86. The molecule has 1 N–H and O–H groups in total. The number of allylic oxidation sites excluding steroid dienone is 1. The molecule has 2 aromatic carbocycles. The molecule has 1 aromatic heterocycles. The second-order valence-corrected chi connectivity index (χ2v) is 8.84. The molecular weight excluding hydrogens is 394 g/mol. The number of aryl methyl sites for hydroxylation is 1. The van der Waals surface area contributed by atoms with E-state index in [4.69, 9.17) is 0 Å². The lowest BCUT2D eigenvalue weighted by molar-refractivity contribution is -0.121. The highest BCUT2D eigenvalue weighted by Gasteiger charge is 2.25. The summed E-state index contributed by atoms with van der Waals surface area (Å²) in [7, 11) is 0. The first-order valence-corrected chi connectivity index (χ1v) is 11.1. The molecule has 154 valence electrons. The van der Waals surface area contributed by atoms with Crippen molar-refractivity contribution in [1.82, 2.24) is 14.9 Å². The largest absolute Gasteiger partial charge is 0.348 e. The fourth-order valence-electron chi connectivity index (χ4n) is 3.93. The molecular formula is C24H25N3O2S. The van der Waals surface area contributed by atoms with Gasteiger partial charge in [0, 0.05) is 6.54 Å². The number of benzene rings is 2. The number of para-hydroxylation sites is 1. The quantitative estimate of drug-likeness (QED) is 0.368. The molecule has 0 spiro atoms. The van der Waals surface area contributed by atoms with Crippen molar-refractivity contribution in [2.24, 2.45) is 0 Å². The number of nitrogens with zero attached hydrogens (tertiary/aromatic N) is 2. The molecule has 2 atom stereocenters. The summed E-state index contributed by atoms with van der Waals surface area (Å²) in [4.78, 5) is 30.5. The molecule has 0 bridgehead atoms. The molecule has 6 heteroatoms. The summed E-state index contributed by atoms with van der Waals surface area (Å²) in [6, 6.07) is 15.6. The van der Waals surface area contributed by atoms with Crippen LogP contribution in [0.15, 0.2) is 71.1 Å². The maximum atomic E-state index is 13.0. The summed E-state index contributed by atoms with van der Waals surface area (Å²) >= 11 is 1.31. The third-order valence-corrected chi connectivity index (χ3v) is 6.57. The van der Waals surface area contributed by atoms with Crippen molar-refractivity contribution in [1.29, 1.82) is 0 Å². The minimum absolute atomic E-state index is 0.0328. The Bertz CT molecular complexity index is 1150.